The van der Waals surface area contributed by atoms with Crippen LogP contribution in [0.1, 0.15) is 17.5 Å². The fraction of sp³-hybridized carbons (Fsp3) is 0.217. The number of ether oxygens (including phenoxy) is 1. The standard InChI is InChI=1S/C23H22N2O3/c26-22(25-12-10-18(11-13-25)17-6-2-1-3-7-17)16-28-23(27)14-19-15-24-21-9-5-4-8-20(19)21/h1-10,15,24H,11-14,16H2. The van der Waals surface area contributed by atoms with Crippen LogP contribution in [-0.4, -0.2) is 41.5 Å². The molecule has 142 valence electrons. The Morgan fingerprint density at radius 3 is 2.61 bits per heavy atom. The number of benzene rings is 2. The molecule has 5 heteroatoms. The Balaban J connectivity index is 1.29. The first kappa shape index (κ1) is 18.0. The van der Waals surface area contributed by atoms with Gasteiger partial charge in [-0.3, -0.25) is 9.59 Å². The Kier molecular flexibility index (Phi) is 5.24. The van der Waals surface area contributed by atoms with Gasteiger partial charge in [0.05, 0.1) is 6.42 Å². The summed E-state index contributed by atoms with van der Waals surface area (Å²) in [6, 6.07) is 18.0. The molecule has 0 radical (unpaired) electrons. The van der Waals surface area contributed by atoms with E-state index in [0.717, 1.165) is 22.9 Å². The SMILES string of the molecule is O=C(Cc1c[nH]c2ccccc12)OCC(=O)N1CC=C(c2ccccc2)CC1. The second-order valence-corrected chi connectivity index (χ2v) is 6.88. The smallest absolute Gasteiger partial charge is 0.310 e. The molecule has 28 heavy (non-hydrogen) atoms. The van der Waals surface area contributed by atoms with Crippen molar-refractivity contribution in [1.82, 2.24) is 9.88 Å². The first-order valence-electron chi connectivity index (χ1n) is 9.43. The zero-order valence-electron chi connectivity index (χ0n) is 15.6. The second-order valence-electron chi connectivity index (χ2n) is 6.88. The third-order valence-electron chi connectivity index (χ3n) is 5.07. The van der Waals surface area contributed by atoms with Gasteiger partial charge in [-0.05, 0) is 29.2 Å². The topological polar surface area (TPSA) is 62.4 Å². The van der Waals surface area contributed by atoms with Crippen LogP contribution in [0, 0.1) is 0 Å². The summed E-state index contributed by atoms with van der Waals surface area (Å²) < 4.78 is 5.23. The maximum absolute atomic E-state index is 12.4. The van der Waals surface area contributed by atoms with Crippen LogP contribution in [0.3, 0.4) is 0 Å². The van der Waals surface area contributed by atoms with Gasteiger partial charge >= 0.3 is 5.97 Å². The maximum atomic E-state index is 12.4. The highest BCUT2D eigenvalue weighted by Gasteiger charge is 2.19. The van der Waals surface area contributed by atoms with Crippen molar-refractivity contribution >= 4 is 28.4 Å². The van der Waals surface area contributed by atoms with Crippen molar-refractivity contribution in [2.75, 3.05) is 19.7 Å². The third-order valence-corrected chi connectivity index (χ3v) is 5.07. The van der Waals surface area contributed by atoms with E-state index in [4.69, 9.17) is 4.74 Å². The molecular weight excluding hydrogens is 352 g/mol. The monoisotopic (exact) mass is 374 g/mol. The summed E-state index contributed by atoms with van der Waals surface area (Å²) in [5.41, 5.74) is 4.30. The predicted molar refractivity (Wildman–Crippen MR) is 109 cm³/mol. The highest BCUT2D eigenvalue weighted by Crippen LogP contribution is 2.22. The van der Waals surface area contributed by atoms with E-state index in [1.54, 1.807) is 4.90 Å². The van der Waals surface area contributed by atoms with Crippen molar-refractivity contribution in [3.8, 4) is 0 Å². The molecule has 0 aliphatic carbocycles. The van der Waals surface area contributed by atoms with E-state index in [-0.39, 0.29) is 18.9 Å². The zero-order chi connectivity index (χ0) is 19.3. The van der Waals surface area contributed by atoms with Gasteiger partial charge in [0.15, 0.2) is 6.61 Å². The Morgan fingerprint density at radius 2 is 1.82 bits per heavy atom. The number of hydrogen-bond acceptors (Lipinski definition) is 3. The number of H-pyrrole nitrogens is 1. The van der Waals surface area contributed by atoms with Crippen LogP contribution in [0.5, 0.6) is 0 Å². The van der Waals surface area contributed by atoms with Gasteiger partial charge < -0.3 is 14.6 Å². The molecule has 0 spiro atoms. The van der Waals surface area contributed by atoms with Crippen LogP contribution < -0.4 is 0 Å². The molecule has 2 heterocycles. The molecule has 0 atom stereocenters. The third kappa shape index (κ3) is 3.98. The van der Waals surface area contributed by atoms with Crippen molar-refractivity contribution in [3.63, 3.8) is 0 Å². The van der Waals surface area contributed by atoms with Gasteiger partial charge in [0.2, 0.25) is 0 Å². The Bertz CT molecular complexity index is 1020. The maximum Gasteiger partial charge on any atom is 0.310 e. The minimum Gasteiger partial charge on any atom is -0.455 e. The minimum atomic E-state index is -0.393. The number of nitrogens with one attached hydrogen (secondary N) is 1. The summed E-state index contributed by atoms with van der Waals surface area (Å²) in [5.74, 6) is -0.550. The predicted octanol–water partition coefficient (Wildman–Crippen LogP) is 3.57. The van der Waals surface area contributed by atoms with E-state index in [1.807, 2.05) is 48.7 Å². The molecule has 0 unspecified atom stereocenters. The van der Waals surface area contributed by atoms with Crippen molar-refractivity contribution < 1.29 is 14.3 Å². The molecule has 1 N–H and O–H groups in total. The lowest BCUT2D eigenvalue weighted by atomic mass is 10.00. The molecular formula is C23H22N2O3. The number of rotatable bonds is 5. The lowest BCUT2D eigenvalue weighted by Crippen LogP contribution is -2.37. The van der Waals surface area contributed by atoms with Gasteiger partial charge in [0, 0.05) is 30.2 Å². The van der Waals surface area contributed by atoms with Gasteiger partial charge in [-0.15, -0.1) is 0 Å². The summed E-state index contributed by atoms with van der Waals surface area (Å²) in [4.78, 5) is 29.4. The normalized spacial score (nSPS) is 14.0. The number of carbonyl (C=O) groups is 2. The Hall–Kier alpha value is -3.34. The number of fused-ring (bicyclic) bond motifs is 1. The van der Waals surface area contributed by atoms with Gasteiger partial charge in [-0.25, -0.2) is 0 Å². The number of esters is 1. The quantitative estimate of drug-likeness (QED) is 0.695. The number of amides is 1. The first-order chi connectivity index (χ1) is 13.7. The largest absolute Gasteiger partial charge is 0.455 e. The highest BCUT2D eigenvalue weighted by atomic mass is 16.5. The first-order valence-corrected chi connectivity index (χ1v) is 9.43. The van der Waals surface area contributed by atoms with Gasteiger partial charge in [-0.2, -0.15) is 0 Å². The van der Waals surface area contributed by atoms with E-state index in [1.165, 1.54) is 11.1 Å². The molecule has 5 nitrogen and oxygen atoms in total. The fourth-order valence-corrected chi connectivity index (χ4v) is 3.53. The van der Waals surface area contributed by atoms with Gasteiger partial charge in [-0.1, -0.05) is 54.6 Å². The molecule has 0 fully saturated rings. The molecule has 0 saturated heterocycles. The Morgan fingerprint density at radius 1 is 1.04 bits per heavy atom. The highest BCUT2D eigenvalue weighted by molar-refractivity contribution is 5.88. The van der Waals surface area contributed by atoms with Crippen LogP contribution >= 0.6 is 0 Å². The van der Waals surface area contributed by atoms with E-state index in [2.05, 4.69) is 23.2 Å². The molecule has 4 rings (SSSR count). The molecule has 2 aromatic carbocycles. The number of para-hydroxylation sites is 1. The molecule has 0 saturated carbocycles. The van der Waals surface area contributed by atoms with E-state index >= 15 is 0 Å². The van der Waals surface area contributed by atoms with Crippen molar-refractivity contribution in [2.45, 2.75) is 12.8 Å². The average molecular weight is 374 g/mol. The van der Waals surface area contributed by atoms with Crippen LogP contribution in [0.2, 0.25) is 0 Å². The van der Waals surface area contributed by atoms with Crippen molar-refractivity contribution in [1.29, 1.82) is 0 Å². The molecule has 3 aromatic rings. The summed E-state index contributed by atoms with van der Waals surface area (Å²) in [6.07, 6.45) is 4.84. The molecule has 1 aliphatic heterocycles. The summed E-state index contributed by atoms with van der Waals surface area (Å²) in [5, 5.41) is 1.00. The van der Waals surface area contributed by atoms with Gasteiger partial charge in [0.25, 0.3) is 5.91 Å². The second kappa shape index (κ2) is 8.13. The van der Waals surface area contributed by atoms with Crippen molar-refractivity contribution in [2.24, 2.45) is 0 Å². The summed E-state index contributed by atoms with van der Waals surface area (Å²) >= 11 is 0. The molecule has 0 bridgehead atoms. The number of carbonyl (C=O) groups excluding carboxylic acids is 2. The molecule has 1 amide bonds. The van der Waals surface area contributed by atoms with E-state index < -0.39 is 5.97 Å². The van der Waals surface area contributed by atoms with Crippen LogP contribution in [0.25, 0.3) is 16.5 Å². The molecule has 1 aliphatic rings. The summed E-state index contributed by atoms with van der Waals surface area (Å²) in [7, 11) is 0. The fourth-order valence-electron chi connectivity index (χ4n) is 3.53. The van der Waals surface area contributed by atoms with Gasteiger partial charge in [0.1, 0.15) is 0 Å². The van der Waals surface area contributed by atoms with E-state index in [0.29, 0.717) is 13.1 Å². The van der Waals surface area contributed by atoms with E-state index in [9.17, 15) is 9.59 Å². The van der Waals surface area contributed by atoms with Crippen LogP contribution in [0.4, 0.5) is 0 Å². The zero-order valence-corrected chi connectivity index (χ0v) is 15.6. The van der Waals surface area contributed by atoms with Crippen LogP contribution in [-0.2, 0) is 20.7 Å². The lowest BCUT2D eigenvalue weighted by molar-refractivity contribution is -0.151. The number of aromatic nitrogens is 1. The lowest BCUT2D eigenvalue weighted by Gasteiger charge is -2.26. The Labute approximate surface area is 163 Å². The number of hydrogen-bond donors (Lipinski definition) is 1. The average Bonchev–Trinajstić information content (AvgIpc) is 3.15. The number of nitrogens with zero attached hydrogens (tertiary/aromatic N) is 1. The van der Waals surface area contributed by atoms with Crippen LogP contribution in [0.15, 0.2) is 66.9 Å². The summed E-state index contributed by atoms with van der Waals surface area (Å²) in [6.45, 7) is 0.971. The molecule has 1 aromatic heterocycles. The minimum absolute atomic E-state index is 0.148. The van der Waals surface area contributed by atoms with Crippen molar-refractivity contribution in [3.05, 3.63) is 78.0 Å². The number of aromatic amines is 1.